The fraction of sp³-hybridized carbons (Fsp3) is 0.235. The van der Waals surface area contributed by atoms with Gasteiger partial charge < -0.3 is 9.74 Å². The molecule has 0 amide bonds. The van der Waals surface area contributed by atoms with Gasteiger partial charge in [-0.05, 0) is 35.4 Å². The Balaban J connectivity index is 1.71. The molecule has 2 aromatic rings. The molecule has 0 radical (unpaired) electrons. The first kappa shape index (κ1) is 15.0. The van der Waals surface area contributed by atoms with E-state index < -0.39 is 4.92 Å². The van der Waals surface area contributed by atoms with E-state index in [2.05, 4.69) is 5.16 Å². The molecule has 0 aromatic heterocycles. The van der Waals surface area contributed by atoms with Crippen LogP contribution in [0.4, 0.5) is 11.4 Å². The van der Waals surface area contributed by atoms with E-state index in [0.717, 1.165) is 22.5 Å². The van der Waals surface area contributed by atoms with Gasteiger partial charge in [0, 0.05) is 38.3 Å². The van der Waals surface area contributed by atoms with Crippen LogP contribution >= 0.6 is 0 Å². The standard InChI is InChI=1S/C17H17N3O3/c1-19(2)14-7-5-13(6-8-14)17-11-16(18-23-17)12-3-9-15(10-4-12)20(21)22/h3-10,17H,11H2,1-2H3. The molecule has 0 saturated heterocycles. The number of rotatable bonds is 4. The maximum atomic E-state index is 10.7. The third kappa shape index (κ3) is 3.15. The second-order valence-corrected chi connectivity index (χ2v) is 5.63. The Hall–Kier alpha value is -2.89. The van der Waals surface area contributed by atoms with Crippen LogP contribution in [0.1, 0.15) is 23.7 Å². The maximum absolute atomic E-state index is 10.7. The molecule has 0 saturated carbocycles. The van der Waals surface area contributed by atoms with E-state index in [4.69, 9.17) is 4.84 Å². The van der Waals surface area contributed by atoms with Crippen LogP contribution in [0.5, 0.6) is 0 Å². The number of anilines is 1. The fourth-order valence-corrected chi connectivity index (χ4v) is 2.49. The topological polar surface area (TPSA) is 68.0 Å². The summed E-state index contributed by atoms with van der Waals surface area (Å²) >= 11 is 0. The highest BCUT2D eigenvalue weighted by Gasteiger charge is 2.24. The van der Waals surface area contributed by atoms with Crippen molar-refractivity contribution in [3.63, 3.8) is 0 Å². The predicted molar refractivity (Wildman–Crippen MR) is 88.8 cm³/mol. The molecule has 2 aromatic carbocycles. The molecule has 6 heteroatoms. The van der Waals surface area contributed by atoms with E-state index in [0.29, 0.717) is 6.42 Å². The van der Waals surface area contributed by atoms with E-state index in [1.165, 1.54) is 12.1 Å². The van der Waals surface area contributed by atoms with Gasteiger partial charge in [-0.25, -0.2) is 0 Å². The van der Waals surface area contributed by atoms with Gasteiger partial charge in [-0.15, -0.1) is 0 Å². The van der Waals surface area contributed by atoms with E-state index in [1.54, 1.807) is 12.1 Å². The van der Waals surface area contributed by atoms with Gasteiger partial charge in [-0.3, -0.25) is 10.1 Å². The van der Waals surface area contributed by atoms with Gasteiger partial charge in [0.1, 0.15) is 0 Å². The van der Waals surface area contributed by atoms with Crippen molar-refractivity contribution in [1.29, 1.82) is 0 Å². The third-order valence-corrected chi connectivity index (χ3v) is 3.86. The molecule has 23 heavy (non-hydrogen) atoms. The molecule has 1 atom stereocenters. The first-order valence-corrected chi connectivity index (χ1v) is 7.29. The average molecular weight is 311 g/mol. The lowest BCUT2D eigenvalue weighted by atomic mass is 10.00. The Morgan fingerprint density at radius 3 is 2.35 bits per heavy atom. The second-order valence-electron chi connectivity index (χ2n) is 5.63. The summed E-state index contributed by atoms with van der Waals surface area (Å²) in [5.41, 5.74) is 3.92. The number of non-ortho nitro benzene ring substituents is 1. The normalized spacial score (nSPS) is 16.6. The molecule has 6 nitrogen and oxygen atoms in total. The molecule has 1 unspecified atom stereocenters. The van der Waals surface area contributed by atoms with Gasteiger partial charge in [0.2, 0.25) is 0 Å². The zero-order chi connectivity index (χ0) is 16.4. The Kier molecular flexibility index (Phi) is 3.97. The highest BCUT2D eigenvalue weighted by atomic mass is 16.6. The Morgan fingerprint density at radius 1 is 1.13 bits per heavy atom. The van der Waals surface area contributed by atoms with Crippen LogP contribution in [-0.4, -0.2) is 24.7 Å². The highest BCUT2D eigenvalue weighted by Crippen LogP contribution is 2.30. The number of oxime groups is 1. The summed E-state index contributed by atoms with van der Waals surface area (Å²) in [5.74, 6) is 0. The number of nitrogens with zero attached hydrogens (tertiary/aromatic N) is 3. The Labute approximate surface area is 134 Å². The van der Waals surface area contributed by atoms with Crippen LogP contribution < -0.4 is 4.90 Å². The van der Waals surface area contributed by atoms with Crippen molar-refractivity contribution in [1.82, 2.24) is 0 Å². The number of hydrogen-bond acceptors (Lipinski definition) is 5. The van der Waals surface area contributed by atoms with E-state index in [1.807, 2.05) is 43.3 Å². The zero-order valence-corrected chi connectivity index (χ0v) is 13.0. The van der Waals surface area contributed by atoms with Crippen molar-refractivity contribution in [3.8, 4) is 0 Å². The molecule has 0 N–H and O–H groups in total. The minimum atomic E-state index is -0.411. The number of hydrogen-bond donors (Lipinski definition) is 0. The summed E-state index contributed by atoms with van der Waals surface area (Å²) in [6.07, 6.45) is 0.537. The molecule has 0 bridgehead atoms. The second kappa shape index (κ2) is 6.08. The van der Waals surface area contributed by atoms with Gasteiger partial charge in [-0.2, -0.15) is 0 Å². The van der Waals surface area contributed by atoms with Crippen LogP contribution in [0.15, 0.2) is 53.7 Å². The summed E-state index contributed by atoms with van der Waals surface area (Å²) in [5, 5.41) is 14.8. The minimum absolute atomic E-state index is 0.0732. The predicted octanol–water partition coefficient (Wildman–Crippen LogP) is 3.53. The summed E-state index contributed by atoms with van der Waals surface area (Å²) in [4.78, 5) is 17.8. The molecular formula is C17H17N3O3. The lowest BCUT2D eigenvalue weighted by Crippen LogP contribution is -2.08. The molecule has 1 aliphatic rings. The molecule has 0 aliphatic carbocycles. The lowest BCUT2D eigenvalue weighted by molar-refractivity contribution is -0.384. The van der Waals surface area contributed by atoms with Crippen molar-refractivity contribution >= 4 is 17.1 Å². The van der Waals surface area contributed by atoms with Crippen molar-refractivity contribution in [3.05, 3.63) is 69.8 Å². The average Bonchev–Trinajstić information content (AvgIpc) is 3.05. The van der Waals surface area contributed by atoms with Crippen LogP contribution in [0.3, 0.4) is 0 Å². The monoisotopic (exact) mass is 311 g/mol. The first-order valence-electron chi connectivity index (χ1n) is 7.29. The summed E-state index contributed by atoms with van der Waals surface area (Å²) < 4.78 is 0. The molecule has 1 aliphatic heterocycles. The fourth-order valence-electron chi connectivity index (χ4n) is 2.49. The molecule has 1 heterocycles. The Bertz CT molecular complexity index is 737. The third-order valence-electron chi connectivity index (χ3n) is 3.86. The number of benzene rings is 2. The van der Waals surface area contributed by atoms with Gasteiger partial charge in [0.15, 0.2) is 6.10 Å². The molecule has 118 valence electrons. The first-order chi connectivity index (χ1) is 11.0. The lowest BCUT2D eigenvalue weighted by Gasteiger charge is -2.14. The van der Waals surface area contributed by atoms with Crippen LogP contribution in [0.25, 0.3) is 0 Å². The quantitative estimate of drug-likeness (QED) is 0.640. The largest absolute Gasteiger partial charge is 0.387 e. The SMILES string of the molecule is CN(C)c1ccc(C2CC(c3ccc([N+](=O)[O-])cc3)=NO2)cc1. The zero-order valence-electron chi connectivity index (χ0n) is 13.0. The van der Waals surface area contributed by atoms with Gasteiger partial charge in [0.25, 0.3) is 5.69 Å². The van der Waals surface area contributed by atoms with Gasteiger partial charge >= 0.3 is 0 Å². The summed E-state index contributed by atoms with van der Waals surface area (Å²) in [6, 6.07) is 14.5. The van der Waals surface area contributed by atoms with Crippen molar-refractivity contribution in [2.75, 3.05) is 19.0 Å². The summed E-state index contributed by atoms with van der Waals surface area (Å²) in [7, 11) is 3.99. The van der Waals surface area contributed by atoms with Crippen molar-refractivity contribution in [2.45, 2.75) is 12.5 Å². The van der Waals surface area contributed by atoms with Crippen LogP contribution in [0.2, 0.25) is 0 Å². The van der Waals surface area contributed by atoms with E-state index in [-0.39, 0.29) is 11.8 Å². The smallest absolute Gasteiger partial charge is 0.269 e. The van der Waals surface area contributed by atoms with Crippen molar-refractivity contribution in [2.24, 2.45) is 5.16 Å². The minimum Gasteiger partial charge on any atom is -0.387 e. The maximum Gasteiger partial charge on any atom is 0.269 e. The van der Waals surface area contributed by atoms with Gasteiger partial charge in [0.05, 0.1) is 10.6 Å². The number of nitro benzene ring substituents is 1. The summed E-state index contributed by atoms with van der Waals surface area (Å²) in [6.45, 7) is 0. The molecule has 3 rings (SSSR count). The molecule has 0 fully saturated rings. The number of nitro groups is 1. The van der Waals surface area contributed by atoms with Gasteiger partial charge in [-0.1, -0.05) is 17.3 Å². The van der Waals surface area contributed by atoms with Crippen LogP contribution in [-0.2, 0) is 4.84 Å². The van der Waals surface area contributed by atoms with Crippen LogP contribution in [0, 0.1) is 10.1 Å². The van der Waals surface area contributed by atoms with Crippen molar-refractivity contribution < 1.29 is 9.76 Å². The highest BCUT2D eigenvalue weighted by molar-refractivity contribution is 6.01. The van der Waals surface area contributed by atoms with E-state index in [9.17, 15) is 10.1 Å². The Morgan fingerprint density at radius 2 is 1.78 bits per heavy atom. The van der Waals surface area contributed by atoms with E-state index >= 15 is 0 Å². The molecule has 0 spiro atoms. The molecular weight excluding hydrogens is 294 g/mol.